The SMILES string of the molecule is Cc1c(C(=O)O)ccc2c1CC[C@@H]2NC(=O)c1cc(C(=O)NCc2ccc3c(c2)N=C(NO)CO3)nc2ccnn12. The van der Waals surface area contributed by atoms with Crippen LogP contribution in [0.5, 0.6) is 5.75 Å². The average Bonchev–Trinajstić information content (AvgIpc) is 3.62. The second-order valence-corrected chi connectivity index (χ2v) is 9.75. The molecule has 2 amide bonds. The highest BCUT2D eigenvalue weighted by Crippen LogP contribution is 2.35. The van der Waals surface area contributed by atoms with Crippen molar-refractivity contribution in [2.45, 2.75) is 32.4 Å². The Balaban J connectivity index is 1.20. The van der Waals surface area contributed by atoms with Crippen molar-refractivity contribution in [2.24, 2.45) is 4.99 Å². The third kappa shape index (κ3) is 4.82. The van der Waals surface area contributed by atoms with Gasteiger partial charge in [0.2, 0.25) is 0 Å². The molecule has 13 nitrogen and oxygen atoms in total. The lowest BCUT2D eigenvalue weighted by atomic mass is 9.98. The van der Waals surface area contributed by atoms with Gasteiger partial charge in [-0.1, -0.05) is 12.1 Å². The van der Waals surface area contributed by atoms with Crippen LogP contribution in [0.25, 0.3) is 5.65 Å². The summed E-state index contributed by atoms with van der Waals surface area (Å²) in [5.74, 6) is -1.08. The Hall–Kier alpha value is -5.30. The Morgan fingerprint density at radius 3 is 2.78 bits per heavy atom. The van der Waals surface area contributed by atoms with Crippen LogP contribution in [0.1, 0.15) is 66.1 Å². The minimum Gasteiger partial charge on any atom is -0.483 e. The number of carboxylic acid groups (broad SMARTS) is 1. The zero-order chi connectivity index (χ0) is 28.7. The first kappa shape index (κ1) is 26.0. The van der Waals surface area contributed by atoms with Gasteiger partial charge in [0.05, 0.1) is 17.8 Å². The fourth-order valence-electron chi connectivity index (χ4n) is 5.22. The van der Waals surface area contributed by atoms with Gasteiger partial charge in [-0.2, -0.15) is 5.10 Å². The second-order valence-electron chi connectivity index (χ2n) is 9.75. The Morgan fingerprint density at radius 1 is 1.12 bits per heavy atom. The van der Waals surface area contributed by atoms with E-state index in [1.165, 1.54) is 16.8 Å². The summed E-state index contributed by atoms with van der Waals surface area (Å²) in [6, 6.07) is 11.3. The van der Waals surface area contributed by atoms with E-state index in [9.17, 15) is 19.5 Å². The lowest BCUT2D eigenvalue weighted by Crippen LogP contribution is -2.30. The number of rotatable bonds is 6. The van der Waals surface area contributed by atoms with E-state index in [4.69, 9.17) is 9.94 Å². The Bertz CT molecular complexity index is 1760. The predicted molar refractivity (Wildman–Crippen MR) is 145 cm³/mol. The molecule has 3 heterocycles. The number of ether oxygens (including phenoxy) is 1. The predicted octanol–water partition coefficient (Wildman–Crippen LogP) is 2.48. The molecular formula is C28H25N7O6. The summed E-state index contributed by atoms with van der Waals surface area (Å²) in [5.41, 5.74) is 6.52. The first-order valence-corrected chi connectivity index (χ1v) is 12.9. The molecule has 208 valence electrons. The van der Waals surface area contributed by atoms with Gasteiger partial charge in [-0.15, -0.1) is 0 Å². The van der Waals surface area contributed by atoms with E-state index in [0.717, 1.165) is 16.7 Å². The number of carboxylic acids is 1. The van der Waals surface area contributed by atoms with Crippen LogP contribution in [0.2, 0.25) is 0 Å². The monoisotopic (exact) mass is 555 g/mol. The molecule has 0 unspecified atom stereocenters. The fraction of sp³-hybridized carbons (Fsp3) is 0.214. The van der Waals surface area contributed by atoms with Crippen molar-refractivity contribution >= 4 is 35.0 Å². The van der Waals surface area contributed by atoms with Gasteiger partial charge in [0, 0.05) is 18.7 Å². The van der Waals surface area contributed by atoms with Gasteiger partial charge >= 0.3 is 5.97 Å². The molecule has 5 N–H and O–H groups in total. The number of nitrogens with one attached hydrogen (secondary N) is 3. The summed E-state index contributed by atoms with van der Waals surface area (Å²) in [5, 5.41) is 28.6. The van der Waals surface area contributed by atoms with Crippen molar-refractivity contribution in [1.82, 2.24) is 30.7 Å². The molecule has 13 heteroatoms. The van der Waals surface area contributed by atoms with E-state index < -0.39 is 17.8 Å². The molecule has 1 atom stereocenters. The van der Waals surface area contributed by atoms with Crippen LogP contribution < -0.4 is 20.9 Å². The molecule has 0 bridgehead atoms. The smallest absolute Gasteiger partial charge is 0.335 e. The molecule has 0 fully saturated rings. The summed E-state index contributed by atoms with van der Waals surface area (Å²) in [6.07, 6.45) is 2.76. The number of aromatic nitrogens is 3. The van der Waals surface area contributed by atoms with E-state index in [1.807, 2.05) is 5.48 Å². The summed E-state index contributed by atoms with van der Waals surface area (Å²) < 4.78 is 6.88. The maximum atomic E-state index is 13.5. The molecule has 1 aliphatic heterocycles. The van der Waals surface area contributed by atoms with E-state index >= 15 is 0 Å². The van der Waals surface area contributed by atoms with Gasteiger partial charge in [0.1, 0.15) is 29.4 Å². The van der Waals surface area contributed by atoms with Gasteiger partial charge in [0.15, 0.2) is 11.5 Å². The number of carbonyl (C=O) groups is 3. The van der Waals surface area contributed by atoms with Gasteiger partial charge in [-0.3, -0.25) is 20.3 Å². The number of hydrogen-bond acceptors (Lipinski definition) is 9. The lowest BCUT2D eigenvalue weighted by Gasteiger charge is -2.17. The van der Waals surface area contributed by atoms with Crippen LogP contribution >= 0.6 is 0 Å². The van der Waals surface area contributed by atoms with Crippen LogP contribution in [0, 0.1) is 6.92 Å². The highest BCUT2D eigenvalue weighted by Gasteiger charge is 2.29. The Morgan fingerprint density at radius 2 is 1.98 bits per heavy atom. The standard InChI is InChI=1S/C28H25N7O6/c1-14-16-5-6-19(18(16)4-3-17(14)28(38)39)33-27(37)22-11-21(32-25-8-9-30-35(22)25)26(36)29-12-15-2-7-23-20(10-15)31-24(34-40)13-41-23/h2-4,7-11,19,40H,5-6,12-13H2,1H3,(H,29,36)(H,31,34)(H,33,37)(H,38,39)/t19-/m0/s1. The molecule has 0 saturated heterocycles. The summed E-state index contributed by atoms with van der Waals surface area (Å²) in [7, 11) is 0. The first-order valence-electron chi connectivity index (χ1n) is 12.9. The van der Waals surface area contributed by atoms with Crippen molar-refractivity contribution < 1.29 is 29.4 Å². The average molecular weight is 556 g/mol. The van der Waals surface area contributed by atoms with Crippen molar-refractivity contribution in [2.75, 3.05) is 6.61 Å². The Kier molecular flexibility index (Phi) is 6.55. The van der Waals surface area contributed by atoms with Gasteiger partial charge < -0.3 is 20.5 Å². The molecule has 0 saturated carbocycles. The van der Waals surface area contributed by atoms with E-state index in [1.54, 1.807) is 43.3 Å². The normalized spacial score (nSPS) is 15.4. The number of nitrogens with zero attached hydrogens (tertiary/aromatic N) is 4. The number of aliphatic imine (C=N–C) groups is 1. The first-order chi connectivity index (χ1) is 19.8. The quantitative estimate of drug-likeness (QED) is 0.223. The van der Waals surface area contributed by atoms with Gasteiger partial charge in [0.25, 0.3) is 11.8 Å². The molecule has 0 spiro atoms. The molecular weight excluding hydrogens is 530 g/mol. The minimum absolute atomic E-state index is 0.0444. The van der Waals surface area contributed by atoms with E-state index in [2.05, 4.69) is 25.7 Å². The lowest BCUT2D eigenvalue weighted by molar-refractivity contribution is 0.0695. The van der Waals surface area contributed by atoms with Crippen molar-refractivity contribution in [3.63, 3.8) is 0 Å². The molecule has 6 rings (SSSR count). The van der Waals surface area contributed by atoms with E-state index in [0.29, 0.717) is 35.5 Å². The molecule has 1 aliphatic carbocycles. The number of fused-ring (bicyclic) bond motifs is 3. The number of benzene rings is 2. The Labute approximate surface area is 232 Å². The maximum Gasteiger partial charge on any atom is 0.335 e. The van der Waals surface area contributed by atoms with Crippen molar-refractivity contribution in [3.8, 4) is 5.75 Å². The molecule has 41 heavy (non-hydrogen) atoms. The minimum atomic E-state index is -0.983. The zero-order valence-electron chi connectivity index (χ0n) is 21.8. The van der Waals surface area contributed by atoms with Gasteiger partial charge in [-0.25, -0.2) is 19.3 Å². The number of hydroxylamine groups is 1. The highest BCUT2D eigenvalue weighted by atomic mass is 16.5. The number of amidine groups is 1. The third-order valence-corrected chi connectivity index (χ3v) is 7.28. The zero-order valence-corrected chi connectivity index (χ0v) is 21.8. The number of amides is 2. The third-order valence-electron chi connectivity index (χ3n) is 7.28. The number of carbonyl (C=O) groups excluding carboxylic acids is 2. The largest absolute Gasteiger partial charge is 0.483 e. The van der Waals surface area contributed by atoms with Crippen LogP contribution in [0.15, 0.2) is 53.7 Å². The van der Waals surface area contributed by atoms with E-state index in [-0.39, 0.29) is 42.0 Å². The van der Waals surface area contributed by atoms with Crippen LogP contribution in [-0.2, 0) is 13.0 Å². The van der Waals surface area contributed by atoms with Crippen LogP contribution in [-0.4, -0.2) is 55.1 Å². The van der Waals surface area contributed by atoms with Crippen molar-refractivity contribution in [3.05, 3.63) is 87.9 Å². The molecule has 4 aromatic rings. The topological polar surface area (TPSA) is 180 Å². The van der Waals surface area contributed by atoms with Crippen LogP contribution in [0.3, 0.4) is 0 Å². The maximum absolute atomic E-state index is 13.5. The fourth-order valence-corrected chi connectivity index (χ4v) is 5.22. The highest BCUT2D eigenvalue weighted by molar-refractivity contribution is 5.98. The van der Waals surface area contributed by atoms with Crippen LogP contribution in [0.4, 0.5) is 5.69 Å². The number of hydrogen-bond donors (Lipinski definition) is 5. The molecule has 2 aromatic carbocycles. The molecule has 2 aliphatic rings. The second kappa shape index (κ2) is 10.4. The molecule has 0 radical (unpaired) electrons. The van der Waals surface area contributed by atoms with Crippen molar-refractivity contribution in [1.29, 1.82) is 0 Å². The summed E-state index contributed by atoms with van der Waals surface area (Å²) in [4.78, 5) is 46.7. The summed E-state index contributed by atoms with van der Waals surface area (Å²) >= 11 is 0. The number of aromatic carboxylic acids is 1. The summed E-state index contributed by atoms with van der Waals surface area (Å²) in [6.45, 7) is 2.06. The van der Waals surface area contributed by atoms with Gasteiger partial charge in [-0.05, 0) is 60.2 Å². The molecule has 2 aromatic heterocycles.